The van der Waals surface area contributed by atoms with Crippen LogP contribution in [0.4, 0.5) is 0 Å². The van der Waals surface area contributed by atoms with E-state index in [1.165, 1.54) is 6.07 Å². The number of hydrogen-bond acceptors (Lipinski definition) is 2. The number of rotatable bonds is 3. The van der Waals surface area contributed by atoms with E-state index in [1.54, 1.807) is 6.07 Å². The van der Waals surface area contributed by atoms with Crippen LogP contribution in [0.5, 0.6) is 0 Å². The molecule has 0 atom stereocenters. The molecule has 4 nitrogen and oxygen atoms in total. The number of amides is 1. The summed E-state index contributed by atoms with van der Waals surface area (Å²) >= 11 is 0. The third kappa shape index (κ3) is 2.36. The van der Waals surface area contributed by atoms with Gasteiger partial charge in [0.2, 0.25) is 5.56 Å². The van der Waals surface area contributed by atoms with Crippen molar-refractivity contribution in [3.63, 3.8) is 0 Å². The molecule has 1 heterocycles. The molecule has 0 saturated carbocycles. The summed E-state index contributed by atoms with van der Waals surface area (Å²) in [7, 11) is 0. The van der Waals surface area contributed by atoms with Crippen LogP contribution in [0.2, 0.25) is 0 Å². The normalized spacial score (nSPS) is 10.4. The highest BCUT2D eigenvalue weighted by molar-refractivity contribution is 6.05. The van der Waals surface area contributed by atoms with Crippen molar-refractivity contribution in [1.82, 2.24) is 10.3 Å². The summed E-state index contributed by atoms with van der Waals surface area (Å²) in [5.41, 5.74) is 0.852. The fourth-order valence-electron chi connectivity index (χ4n) is 1.73. The van der Waals surface area contributed by atoms with E-state index in [2.05, 4.69) is 10.3 Å². The smallest absolute Gasteiger partial charge is 0.252 e. The van der Waals surface area contributed by atoms with Crippen LogP contribution in [0.3, 0.4) is 0 Å². The van der Waals surface area contributed by atoms with Crippen molar-refractivity contribution in [3.8, 4) is 0 Å². The molecule has 0 radical (unpaired) electrons. The lowest BCUT2D eigenvalue weighted by atomic mass is 10.1. The second kappa shape index (κ2) is 4.82. The number of aromatic nitrogens is 1. The maximum Gasteiger partial charge on any atom is 0.252 e. The van der Waals surface area contributed by atoms with Crippen LogP contribution in [0.15, 0.2) is 35.1 Å². The zero-order chi connectivity index (χ0) is 12.3. The number of fused-ring (bicyclic) bond motifs is 1. The summed E-state index contributed by atoms with van der Waals surface area (Å²) in [6, 6.07) is 8.62. The van der Waals surface area contributed by atoms with Gasteiger partial charge in [0.15, 0.2) is 0 Å². The maximum atomic E-state index is 11.9. The third-order valence-corrected chi connectivity index (χ3v) is 2.53. The van der Waals surface area contributed by atoms with Gasteiger partial charge >= 0.3 is 0 Å². The molecule has 2 rings (SSSR count). The number of H-pyrrole nitrogens is 1. The molecule has 0 aliphatic rings. The van der Waals surface area contributed by atoms with Crippen molar-refractivity contribution in [1.29, 1.82) is 0 Å². The van der Waals surface area contributed by atoms with E-state index in [0.29, 0.717) is 17.6 Å². The fraction of sp³-hybridized carbons (Fsp3) is 0.231. The highest BCUT2D eigenvalue weighted by Gasteiger charge is 2.10. The predicted octanol–water partition coefficient (Wildman–Crippen LogP) is 1.67. The lowest BCUT2D eigenvalue weighted by Gasteiger charge is -2.06. The molecule has 0 fully saturated rings. The predicted molar refractivity (Wildman–Crippen MR) is 67.2 cm³/mol. The second-order valence-electron chi connectivity index (χ2n) is 3.85. The average Bonchev–Trinajstić information content (AvgIpc) is 2.34. The minimum atomic E-state index is -0.259. The Bertz CT molecular complexity index is 602. The van der Waals surface area contributed by atoms with E-state index in [-0.39, 0.29) is 11.5 Å². The maximum absolute atomic E-state index is 11.9. The van der Waals surface area contributed by atoms with Gasteiger partial charge in [0, 0.05) is 23.5 Å². The van der Waals surface area contributed by atoms with Crippen molar-refractivity contribution in [2.24, 2.45) is 0 Å². The Morgan fingerprint density at radius 3 is 2.88 bits per heavy atom. The second-order valence-corrected chi connectivity index (χ2v) is 3.85. The van der Waals surface area contributed by atoms with Crippen molar-refractivity contribution < 1.29 is 4.79 Å². The molecular formula is C13H14N2O2. The van der Waals surface area contributed by atoms with E-state index in [1.807, 2.05) is 25.1 Å². The summed E-state index contributed by atoms with van der Waals surface area (Å²) in [6.07, 6.45) is 0.868. The van der Waals surface area contributed by atoms with Crippen LogP contribution in [0, 0.1) is 0 Å². The zero-order valence-corrected chi connectivity index (χ0v) is 9.62. The summed E-state index contributed by atoms with van der Waals surface area (Å²) in [4.78, 5) is 26.1. The largest absolute Gasteiger partial charge is 0.352 e. The minimum Gasteiger partial charge on any atom is -0.352 e. The molecule has 4 heteroatoms. The van der Waals surface area contributed by atoms with E-state index in [9.17, 15) is 9.59 Å². The topological polar surface area (TPSA) is 62.0 Å². The van der Waals surface area contributed by atoms with Crippen molar-refractivity contribution >= 4 is 16.8 Å². The van der Waals surface area contributed by atoms with Gasteiger partial charge in [0.25, 0.3) is 5.91 Å². The van der Waals surface area contributed by atoms with Gasteiger partial charge in [-0.2, -0.15) is 0 Å². The summed E-state index contributed by atoms with van der Waals surface area (Å²) < 4.78 is 0. The molecule has 0 bridgehead atoms. The van der Waals surface area contributed by atoms with Gasteiger partial charge in [-0.1, -0.05) is 25.1 Å². The highest BCUT2D eigenvalue weighted by atomic mass is 16.2. The summed E-state index contributed by atoms with van der Waals surface area (Å²) in [6.45, 7) is 2.59. The van der Waals surface area contributed by atoms with Crippen LogP contribution in [0.1, 0.15) is 23.7 Å². The van der Waals surface area contributed by atoms with Crippen LogP contribution >= 0.6 is 0 Å². The molecule has 17 heavy (non-hydrogen) atoms. The van der Waals surface area contributed by atoms with Gasteiger partial charge < -0.3 is 10.3 Å². The monoisotopic (exact) mass is 230 g/mol. The molecule has 0 spiro atoms. The number of nitrogens with one attached hydrogen (secondary N) is 2. The van der Waals surface area contributed by atoms with Gasteiger partial charge in [0.1, 0.15) is 0 Å². The van der Waals surface area contributed by atoms with E-state index >= 15 is 0 Å². The van der Waals surface area contributed by atoms with Crippen molar-refractivity contribution in [3.05, 3.63) is 46.2 Å². The Balaban J connectivity index is 2.52. The number of aromatic amines is 1. The number of hydrogen-bond donors (Lipinski definition) is 2. The lowest BCUT2D eigenvalue weighted by Crippen LogP contribution is -2.25. The standard InChI is InChI=1S/C13H14N2O2/c1-2-7-14-13(17)10-8-12(16)15-11-6-4-3-5-9(10)11/h3-6,8H,2,7H2,1H3,(H,14,17)(H,15,16). The Morgan fingerprint density at radius 1 is 1.35 bits per heavy atom. The minimum absolute atomic E-state index is 0.200. The first-order chi connectivity index (χ1) is 8.22. The van der Waals surface area contributed by atoms with Gasteiger partial charge in [-0.15, -0.1) is 0 Å². The van der Waals surface area contributed by atoms with Gasteiger partial charge in [0.05, 0.1) is 5.56 Å². The lowest BCUT2D eigenvalue weighted by molar-refractivity contribution is 0.0955. The molecule has 0 unspecified atom stereocenters. The number of carbonyl (C=O) groups is 1. The first kappa shape index (κ1) is 11.4. The van der Waals surface area contributed by atoms with Gasteiger partial charge in [-0.05, 0) is 12.5 Å². The first-order valence-electron chi connectivity index (χ1n) is 5.62. The Hall–Kier alpha value is -2.10. The number of pyridine rings is 1. The molecule has 1 aromatic heterocycles. The van der Waals surface area contributed by atoms with Crippen molar-refractivity contribution in [2.75, 3.05) is 6.54 Å². The highest BCUT2D eigenvalue weighted by Crippen LogP contribution is 2.14. The molecular weight excluding hydrogens is 216 g/mol. The summed E-state index contributed by atoms with van der Waals surface area (Å²) in [5, 5.41) is 3.54. The molecule has 2 N–H and O–H groups in total. The number of para-hydroxylation sites is 1. The molecule has 0 aliphatic carbocycles. The Kier molecular flexibility index (Phi) is 3.23. The SMILES string of the molecule is CCCNC(=O)c1cc(=O)[nH]c2ccccc12. The molecule has 88 valence electrons. The molecule has 0 aliphatic heterocycles. The van der Waals surface area contributed by atoms with E-state index in [4.69, 9.17) is 0 Å². The Labute approximate surface area is 98.7 Å². The van der Waals surface area contributed by atoms with Crippen molar-refractivity contribution in [2.45, 2.75) is 13.3 Å². The molecule has 1 aromatic carbocycles. The van der Waals surface area contributed by atoms with Gasteiger partial charge in [-0.3, -0.25) is 9.59 Å². The van der Waals surface area contributed by atoms with Crippen LogP contribution in [-0.4, -0.2) is 17.4 Å². The molecule has 0 saturated heterocycles. The third-order valence-electron chi connectivity index (χ3n) is 2.53. The Morgan fingerprint density at radius 2 is 2.12 bits per heavy atom. The zero-order valence-electron chi connectivity index (χ0n) is 9.62. The number of carbonyl (C=O) groups excluding carboxylic acids is 1. The van der Waals surface area contributed by atoms with E-state index in [0.717, 1.165) is 11.8 Å². The fourth-order valence-corrected chi connectivity index (χ4v) is 1.73. The molecule has 1 amide bonds. The molecule has 2 aromatic rings. The van der Waals surface area contributed by atoms with E-state index < -0.39 is 0 Å². The first-order valence-corrected chi connectivity index (χ1v) is 5.62. The van der Waals surface area contributed by atoms with Crippen LogP contribution < -0.4 is 10.9 Å². The van der Waals surface area contributed by atoms with Crippen LogP contribution in [-0.2, 0) is 0 Å². The quantitative estimate of drug-likeness (QED) is 0.842. The summed E-state index contributed by atoms with van der Waals surface area (Å²) in [5.74, 6) is -0.200. The number of benzene rings is 1. The van der Waals surface area contributed by atoms with Gasteiger partial charge in [-0.25, -0.2) is 0 Å². The van der Waals surface area contributed by atoms with Crippen LogP contribution in [0.25, 0.3) is 10.9 Å². The average molecular weight is 230 g/mol.